The van der Waals surface area contributed by atoms with E-state index in [0.29, 0.717) is 47.6 Å². The van der Waals surface area contributed by atoms with Crippen LogP contribution in [0.15, 0.2) is 43.0 Å². The zero-order valence-corrected chi connectivity index (χ0v) is 18.4. The second-order valence-corrected chi connectivity index (χ2v) is 8.26. The Morgan fingerprint density at radius 3 is 2.94 bits per heavy atom. The van der Waals surface area contributed by atoms with Crippen molar-refractivity contribution >= 4 is 40.0 Å². The van der Waals surface area contributed by atoms with Crippen molar-refractivity contribution in [2.75, 3.05) is 25.0 Å². The van der Waals surface area contributed by atoms with E-state index in [-0.39, 0.29) is 12.0 Å². The molecule has 3 aromatic heterocycles. The molecule has 5 rings (SSSR count). The molecule has 0 saturated carbocycles. The average Bonchev–Trinajstić information content (AvgIpc) is 3.40. The van der Waals surface area contributed by atoms with Gasteiger partial charge in [-0.3, -0.25) is 4.79 Å². The number of fused-ring (bicyclic) bond motifs is 1. The van der Waals surface area contributed by atoms with E-state index in [4.69, 9.17) is 16.3 Å². The van der Waals surface area contributed by atoms with Crippen molar-refractivity contribution < 1.29 is 9.53 Å². The van der Waals surface area contributed by atoms with Crippen LogP contribution in [-0.4, -0.2) is 61.1 Å². The maximum Gasteiger partial charge on any atom is 0.270 e. The molecule has 1 aromatic carbocycles. The fourth-order valence-corrected chi connectivity index (χ4v) is 4.07. The van der Waals surface area contributed by atoms with Crippen molar-refractivity contribution in [3.8, 4) is 11.4 Å². The number of nitrogens with zero attached hydrogens (tertiary/aromatic N) is 5. The first-order chi connectivity index (χ1) is 15.5. The van der Waals surface area contributed by atoms with Gasteiger partial charge in [0.05, 0.1) is 35.3 Å². The summed E-state index contributed by atoms with van der Waals surface area (Å²) in [6.45, 7) is 3.64. The third kappa shape index (κ3) is 4.04. The highest BCUT2D eigenvalue weighted by molar-refractivity contribution is 6.35. The molecule has 1 amide bonds. The number of halogens is 1. The number of morpholine rings is 1. The summed E-state index contributed by atoms with van der Waals surface area (Å²) in [5.41, 5.74) is 3.41. The van der Waals surface area contributed by atoms with Crippen molar-refractivity contribution in [3.05, 3.63) is 53.7 Å². The molecule has 0 aliphatic carbocycles. The summed E-state index contributed by atoms with van der Waals surface area (Å²) in [4.78, 5) is 31.1. The highest BCUT2D eigenvalue weighted by atomic mass is 35.5. The number of aromatic nitrogens is 5. The van der Waals surface area contributed by atoms with Crippen LogP contribution in [0.2, 0.25) is 5.02 Å². The third-order valence-corrected chi connectivity index (χ3v) is 5.62. The number of hydrogen-bond acceptors (Lipinski definition) is 6. The number of aromatic amines is 1. The fourth-order valence-electron chi connectivity index (χ4n) is 3.80. The number of nitrogens with one attached hydrogen (secondary N) is 2. The van der Waals surface area contributed by atoms with Gasteiger partial charge < -0.3 is 24.5 Å². The van der Waals surface area contributed by atoms with Gasteiger partial charge in [-0.05, 0) is 31.2 Å². The molecule has 32 heavy (non-hydrogen) atoms. The van der Waals surface area contributed by atoms with Gasteiger partial charge in [0.1, 0.15) is 11.4 Å². The van der Waals surface area contributed by atoms with Gasteiger partial charge in [-0.25, -0.2) is 15.0 Å². The number of amides is 1. The highest BCUT2D eigenvalue weighted by Gasteiger charge is 2.24. The number of H-pyrrole nitrogens is 1. The van der Waals surface area contributed by atoms with Crippen LogP contribution in [0.4, 0.5) is 11.6 Å². The Labute approximate surface area is 189 Å². The lowest BCUT2D eigenvalue weighted by atomic mass is 10.2. The van der Waals surface area contributed by atoms with E-state index in [2.05, 4.69) is 25.3 Å². The molecule has 0 spiro atoms. The molecule has 0 radical (unpaired) electrons. The number of anilines is 2. The van der Waals surface area contributed by atoms with Crippen LogP contribution in [-0.2, 0) is 11.8 Å². The molecule has 0 bridgehead atoms. The molecule has 1 fully saturated rings. The van der Waals surface area contributed by atoms with Gasteiger partial charge in [0.25, 0.3) is 5.91 Å². The molecule has 4 heterocycles. The molecule has 164 valence electrons. The predicted octanol–water partition coefficient (Wildman–Crippen LogP) is 3.62. The number of ether oxygens (including phenoxy) is 1. The van der Waals surface area contributed by atoms with Gasteiger partial charge in [-0.1, -0.05) is 11.6 Å². The summed E-state index contributed by atoms with van der Waals surface area (Å²) < 4.78 is 7.39. The first kappa shape index (κ1) is 20.5. The molecule has 2 N–H and O–H groups in total. The van der Waals surface area contributed by atoms with Gasteiger partial charge in [-0.2, -0.15) is 0 Å². The average molecular weight is 452 g/mol. The molecular formula is C22H22ClN7O2. The highest BCUT2D eigenvalue weighted by Crippen LogP contribution is 2.30. The molecule has 1 aliphatic rings. The van der Waals surface area contributed by atoms with E-state index in [1.165, 1.54) is 0 Å². The molecule has 1 saturated heterocycles. The van der Waals surface area contributed by atoms with E-state index < -0.39 is 0 Å². The zero-order valence-electron chi connectivity index (χ0n) is 17.7. The second-order valence-electron chi connectivity index (χ2n) is 7.85. The summed E-state index contributed by atoms with van der Waals surface area (Å²) in [7, 11) is 1.91. The van der Waals surface area contributed by atoms with Gasteiger partial charge in [0, 0.05) is 43.6 Å². The first-order valence-electron chi connectivity index (χ1n) is 10.3. The van der Waals surface area contributed by atoms with Crippen LogP contribution >= 0.6 is 11.6 Å². The molecule has 1 atom stereocenters. The Morgan fingerprint density at radius 2 is 2.16 bits per heavy atom. The Morgan fingerprint density at radius 1 is 1.28 bits per heavy atom. The van der Waals surface area contributed by atoms with E-state index in [0.717, 1.165) is 16.8 Å². The number of carbonyl (C=O) groups excluding carboxylic acids is 1. The third-order valence-electron chi connectivity index (χ3n) is 5.32. The Balaban J connectivity index is 1.40. The lowest BCUT2D eigenvalue weighted by Crippen LogP contribution is -2.44. The van der Waals surface area contributed by atoms with Crippen LogP contribution in [0.1, 0.15) is 17.4 Å². The number of hydrogen-bond donors (Lipinski definition) is 2. The SMILES string of the molecule is CC1CN(C(=O)c2cc3cc(Nc4nccc(-c5cn(C)cn5)n4)cc(Cl)c3[nH]2)CCO1. The maximum absolute atomic E-state index is 12.9. The summed E-state index contributed by atoms with van der Waals surface area (Å²) in [5, 5.41) is 4.52. The standard InChI is InChI=1S/C22H22ClN7O2/c1-13-10-30(5-6-32-13)21(31)18-8-14-7-15(9-16(23)20(14)27-18)26-22-24-4-3-17(28-22)19-11-29(2)12-25-19/h3-4,7-9,11-13,27H,5-6,10H2,1-2H3,(H,24,26,28). The Bertz CT molecular complexity index is 1300. The second kappa shape index (κ2) is 8.25. The van der Waals surface area contributed by atoms with E-state index in [1.807, 2.05) is 36.9 Å². The van der Waals surface area contributed by atoms with Crippen molar-refractivity contribution in [2.45, 2.75) is 13.0 Å². The van der Waals surface area contributed by atoms with E-state index in [9.17, 15) is 4.79 Å². The van der Waals surface area contributed by atoms with Crippen molar-refractivity contribution in [1.82, 2.24) is 29.4 Å². The van der Waals surface area contributed by atoms with Crippen molar-refractivity contribution in [2.24, 2.45) is 7.05 Å². The first-order valence-corrected chi connectivity index (χ1v) is 10.7. The molecule has 1 unspecified atom stereocenters. The Hall–Kier alpha value is -3.43. The minimum Gasteiger partial charge on any atom is -0.375 e. The monoisotopic (exact) mass is 451 g/mol. The minimum atomic E-state index is -0.0617. The van der Waals surface area contributed by atoms with Crippen LogP contribution in [0, 0.1) is 0 Å². The quantitative estimate of drug-likeness (QED) is 0.491. The summed E-state index contributed by atoms with van der Waals surface area (Å²) >= 11 is 6.52. The minimum absolute atomic E-state index is 0.0262. The molecular weight excluding hydrogens is 430 g/mol. The van der Waals surface area contributed by atoms with Gasteiger partial charge in [0.15, 0.2) is 0 Å². The largest absolute Gasteiger partial charge is 0.375 e. The Kier molecular flexibility index (Phi) is 5.28. The predicted molar refractivity (Wildman–Crippen MR) is 122 cm³/mol. The number of imidazole rings is 1. The smallest absolute Gasteiger partial charge is 0.270 e. The molecule has 1 aliphatic heterocycles. The molecule has 4 aromatic rings. The number of rotatable bonds is 4. The lowest BCUT2D eigenvalue weighted by molar-refractivity contribution is -0.0126. The van der Waals surface area contributed by atoms with Crippen LogP contribution in [0.3, 0.4) is 0 Å². The fraction of sp³-hybridized carbons (Fsp3) is 0.273. The zero-order chi connectivity index (χ0) is 22.2. The van der Waals surface area contributed by atoms with Gasteiger partial charge in [-0.15, -0.1) is 0 Å². The summed E-state index contributed by atoms with van der Waals surface area (Å²) in [5.74, 6) is 0.367. The van der Waals surface area contributed by atoms with Crippen molar-refractivity contribution in [3.63, 3.8) is 0 Å². The van der Waals surface area contributed by atoms with Crippen LogP contribution in [0.25, 0.3) is 22.3 Å². The number of aryl methyl sites for hydroxylation is 1. The van der Waals surface area contributed by atoms with Crippen LogP contribution in [0.5, 0.6) is 0 Å². The van der Waals surface area contributed by atoms with Gasteiger partial charge >= 0.3 is 0 Å². The van der Waals surface area contributed by atoms with E-state index in [1.54, 1.807) is 29.6 Å². The van der Waals surface area contributed by atoms with Crippen LogP contribution < -0.4 is 5.32 Å². The normalized spacial score (nSPS) is 16.5. The number of carbonyl (C=O) groups is 1. The maximum atomic E-state index is 12.9. The summed E-state index contributed by atoms with van der Waals surface area (Å²) in [6.07, 6.45) is 5.32. The molecule has 9 nitrogen and oxygen atoms in total. The van der Waals surface area contributed by atoms with Crippen molar-refractivity contribution in [1.29, 1.82) is 0 Å². The molecule has 10 heteroatoms. The summed E-state index contributed by atoms with van der Waals surface area (Å²) in [6, 6.07) is 7.32. The van der Waals surface area contributed by atoms with E-state index >= 15 is 0 Å². The topological polar surface area (TPSA) is 101 Å². The van der Waals surface area contributed by atoms with Gasteiger partial charge in [0.2, 0.25) is 5.95 Å². The number of benzene rings is 1. The lowest BCUT2D eigenvalue weighted by Gasteiger charge is -2.30.